The first-order valence-corrected chi connectivity index (χ1v) is 8.25. The maximum absolute atomic E-state index is 11.8. The lowest BCUT2D eigenvalue weighted by atomic mass is 9.76. The van der Waals surface area contributed by atoms with Crippen molar-refractivity contribution >= 4 is 11.5 Å². The number of hydrogen-bond donors (Lipinski definition) is 0. The van der Waals surface area contributed by atoms with Crippen molar-refractivity contribution in [3.05, 3.63) is 59.7 Å². The van der Waals surface area contributed by atoms with Crippen LogP contribution in [0.15, 0.2) is 48.5 Å². The Bertz CT molecular complexity index is 743. The minimum absolute atomic E-state index is 0.0448. The molecule has 1 saturated carbocycles. The van der Waals surface area contributed by atoms with Crippen molar-refractivity contribution in [1.29, 1.82) is 0 Å². The molecule has 1 fully saturated rings. The Kier molecular flexibility index (Phi) is 3.37. The lowest BCUT2D eigenvalue weighted by Crippen LogP contribution is -2.44. The molecular weight excluding hydrogens is 286 g/mol. The molecule has 3 nitrogen and oxygen atoms in total. The average Bonchev–Trinajstić information content (AvgIpc) is 2.92. The van der Waals surface area contributed by atoms with Gasteiger partial charge in [0.15, 0.2) is 0 Å². The second-order valence-corrected chi connectivity index (χ2v) is 6.52. The van der Waals surface area contributed by atoms with Crippen molar-refractivity contribution in [3.8, 4) is 5.75 Å². The molecule has 1 aliphatic carbocycles. The molecule has 0 atom stereocenters. The molecule has 0 N–H and O–H groups in total. The van der Waals surface area contributed by atoms with Gasteiger partial charge in [-0.25, -0.2) is 0 Å². The zero-order chi connectivity index (χ0) is 15.9. The van der Waals surface area contributed by atoms with Gasteiger partial charge in [-0.3, -0.25) is 4.79 Å². The summed E-state index contributed by atoms with van der Waals surface area (Å²) in [5, 5.41) is 0. The van der Waals surface area contributed by atoms with E-state index in [0.29, 0.717) is 18.6 Å². The number of nitrogens with zero attached hydrogens (tertiary/aromatic N) is 1. The third kappa shape index (κ3) is 2.23. The van der Waals surface area contributed by atoms with Crippen LogP contribution >= 0.6 is 0 Å². The summed E-state index contributed by atoms with van der Waals surface area (Å²) < 4.78 is 5.40. The number of anilines is 1. The predicted molar refractivity (Wildman–Crippen MR) is 90.8 cm³/mol. The second-order valence-electron chi connectivity index (χ2n) is 6.52. The third-order valence-electron chi connectivity index (χ3n) is 5.36. The van der Waals surface area contributed by atoms with Crippen molar-refractivity contribution in [2.75, 3.05) is 12.0 Å². The first-order valence-electron chi connectivity index (χ1n) is 8.25. The molecule has 1 spiro atoms. The van der Waals surface area contributed by atoms with Gasteiger partial charge in [-0.1, -0.05) is 30.3 Å². The number of carbonyl (C=O) groups is 1. The first-order chi connectivity index (χ1) is 11.2. The van der Waals surface area contributed by atoms with Crippen LogP contribution in [0.1, 0.15) is 36.8 Å². The molecule has 0 aromatic heterocycles. The Labute approximate surface area is 136 Å². The van der Waals surface area contributed by atoms with Crippen molar-refractivity contribution < 1.29 is 9.53 Å². The van der Waals surface area contributed by atoms with E-state index in [1.807, 2.05) is 12.1 Å². The zero-order valence-electron chi connectivity index (χ0n) is 13.4. The molecule has 3 heteroatoms. The van der Waals surface area contributed by atoms with E-state index < -0.39 is 0 Å². The van der Waals surface area contributed by atoms with E-state index in [0.717, 1.165) is 25.1 Å². The van der Waals surface area contributed by atoms with Crippen LogP contribution < -0.4 is 9.64 Å². The molecule has 23 heavy (non-hydrogen) atoms. The molecule has 0 radical (unpaired) electrons. The molecule has 1 heterocycles. The van der Waals surface area contributed by atoms with E-state index in [-0.39, 0.29) is 5.54 Å². The molecule has 4 rings (SSSR count). The molecule has 2 aliphatic rings. The van der Waals surface area contributed by atoms with Crippen LogP contribution in [0.2, 0.25) is 0 Å². The number of rotatable bonds is 2. The molecule has 0 amide bonds. The molecule has 1 aliphatic heterocycles. The van der Waals surface area contributed by atoms with E-state index >= 15 is 0 Å². The average molecular weight is 307 g/mol. The van der Waals surface area contributed by atoms with E-state index in [1.165, 1.54) is 16.8 Å². The van der Waals surface area contributed by atoms with E-state index in [1.54, 1.807) is 7.11 Å². The number of hydrogen-bond acceptors (Lipinski definition) is 3. The lowest BCUT2D eigenvalue weighted by molar-refractivity contribution is -0.121. The monoisotopic (exact) mass is 307 g/mol. The van der Waals surface area contributed by atoms with Gasteiger partial charge in [-0.15, -0.1) is 0 Å². The van der Waals surface area contributed by atoms with Gasteiger partial charge < -0.3 is 9.64 Å². The number of Topliss-reactive ketones (excluding diaryl/α,β-unsaturated/α-hetero) is 1. The summed E-state index contributed by atoms with van der Waals surface area (Å²) in [6, 6.07) is 16.9. The van der Waals surface area contributed by atoms with Crippen LogP contribution in [0.5, 0.6) is 5.75 Å². The highest BCUT2D eigenvalue weighted by Crippen LogP contribution is 2.50. The number of methoxy groups -OCH3 is 1. The Balaban J connectivity index is 1.81. The largest absolute Gasteiger partial charge is 0.497 e. The van der Waals surface area contributed by atoms with Crippen molar-refractivity contribution in [2.24, 2.45) is 0 Å². The molecule has 0 unspecified atom stereocenters. The Morgan fingerprint density at radius 1 is 1.04 bits per heavy atom. The van der Waals surface area contributed by atoms with Gasteiger partial charge in [0.1, 0.15) is 11.5 Å². The van der Waals surface area contributed by atoms with Crippen molar-refractivity contribution in [2.45, 2.75) is 37.8 Å². The quantitative estimate of drug-likeness (QED) is 0.838. The number of ketones is 1. The Hall–Kier alpha value is -2.29. The maximum atomic E-state index is 11.8. The standard InChI is InChI=1S/C20H21NO2/c1-23-18-7-4-6-16(13-18)21-14-15-5-2-3-8-19(15)20(21)11-9-17(22)10-12-20/h2-8,13H,9-12,14H2,1H3. The van der Waals surface area contributed by atoms with Crippen LogP contribution in [0.3, 0.4) is 0 Å². The van der Waals surface area contributed by atoms with Gasteiger partial charge in [0.2, 0.25) is 0 Å². The third-order valence-corrected chi connectivity index (χ3v) is 5.36. The number of fused-ring (bicyclic) bond motifs is 2. The van der Waals surface area contributed by atoms with Gasteiger partial charge in [0.05, 0.1) is 12.6 Å². The van der Waals surface area contributed by atoms with E-state index in [2.05, 4.69) is 41.3 Å². The van der Waals surface area contributed by atoms with Crippen LogP contribution in [0.25, 0.3) is 0 Å². The fourth-order valence-corrected chi connectivity index (χ4v) is 4.18. The SMILES string of the molecule is COc1cccc(N2Cc3ccccc3C23CCC(=O)CC3)c1. The highest BCUT2D eigenvalue weighted by Gasteiger charge is 2.46. The van der Waals surface area contributed by atoms with E-state index in [9.17, 15) is 4.79 Å². The second kappa shape index (κ2) is 5.41. The number of ether oxygens (including phenoxy) is 1. The van der Waals surface area contributed by atoms with Gasteiger partial charge in [-0.2, -0.15) is 0 Å². The van der Waals surface area contributed by atoms with Crippen LogP contribution in [0.4, 0.5) is 5.69 Å². The minimum Gasteiger partial charge on any atom is -0.497 e. The topological polar surface area (TPSA) is 29.5 Å². The molecule has 0 bridgehead atoms. The Morgan fingerprint density at radius 3 is 2.61 bits per heavy atom. The number of benzene rings is 2. The Morgan fingerprint density at radius 2 is 1.83 bits per heavy atom. The van der Waals surface area contributed by atoms with Gasteiger partial charge in [0, 0.05) is 31.1 Å². The van der Waals surface area contributed by atoms with Crippen LogP contribution in [0, 0.1) is 0 Å². The summed E-state index contributed by atoms with van der Waals surface area (Å²) in [5.41, 5.74) is 3.91. The molecule has 2 aromatic carbocycles. The highest BCUT2D eigenvalue weighted by molar-refractivity contribution is 5.80. The van der Waals surface area contributed by atoms with Gasteiger partial charge in [0.25, 0.3) is 0 Å². The summed E-state index contributed by atoms with van der Waals surface area (Å²) in [6.07, 6.45) is 3.16. The minimum atomic E-state index is -0.0448. The summed E-state index contributed by atoms with van der Waals surface area (Å²) in [4.78, 5) is 14.3. The lowest BCUT2D eigenvalue weighted by Gasteiger charge is -2.43. The summed E-state index contributed by atoms with van der Waals surface area (Å²) >= 11 is 0. The molecular formula is C20H21NO2. The van der Waals surface area contributed by atoms with Crippen molar-refractivity contribution in [1.82, 2.24) is 0 Å². The summed E-state index contributed by atoms with van der Waals surface area (Å²) in [6.45, 7) is 0.900. The summed E-state index contributed by atoms with van der Waals surface area (Å²) in [5.74, 6) is 1.27. The molecule has 0 saturated heterocycles. The normalized spacial score (nSPS) is 19.0. The summed E-state index contributed by atoms with van der Waals surface area (Å²) in [7, 11) is 1.70. The smallest absolute Gasteiger partial charge is 0.133 e. The first kappa shape index (κ1) is 14.3. The van der Waals surface area contributed by atoms with Crippen molar-refractivity contribution in [3.63, 3.8) is 0 Å². The van der Waals surface area contributed by atoms with Gasteiger partial charge >= 0.3 is 0 Å². The zero-order valence-corrected chi connectivity index (χ0v) is 13.4. The number of carbonyl (C=O) groups excluding carboxylic acids is 1. The molecule has 118 valence electrons. The van der Waals surface area contributed by atoms with Crippen LogP contribution in [-0.4, -0.2) is 12.9 Å². The predicted octanol–water partition coefficient (Wildman–Crippen LogP) is 4.05. The fraction of sp³-hybridized carbons (Fsp3) is 0.350. The molecule has 2 aromatic rings. The maximum Gasteiger partial charge on any atom is 0.133 e. The highest BCUT2D eigenvalue weighted by atomic mass is 16.5. The fourth-order valence-electron chi connectivity index (χ4n) is 4.18. The van der Waals surface area contributed by atoms with Gasteiger partial charge in [-0.05, 0) is 36.1 Å². The van der Waals surface area contributed by atoms with Crippen LogP contribution in [-0.2, 0) is 16.9 Å². The van der Waals surface area contributed by atoms with E-state index in [4.69, 9.17) is 4.74 Å².